The third-order valence-corrected chi connectivity index (χ3v) is 3.84. The van der Waals surface area contributed by atoms with E-state index in [1.54, 1.807) is 13.8 Å². The van der Waals surface area contributed by atoms with Gasteiger partial charge in [0.25, 0.3) is 0 Å². The third-order valence-electron chi connectivity index (χ3n) is 3.84. The van der Waals surface area contributed by atoms with Crippen LogP contribution in [0.3, 0.4) is 0 Å². The highest BCUT2D eigenvalue weighted by Gasteiger charge is 2.41. The Morgan fingerprint density at radius 3 is 2.19 bits per heavy atom. The average Bonchev–Trinajstić information content (AvgIpc) is 2.37. The van der Waals surface area contributed by atoms with Gasteiger partial charge in [-0.2, -0.15) is 13.2 Å². The summed E-state index contributed by atoms with van der Waals surface area (Å²) in [4.78, 5) is 24.1. The normalized spacial score (nSPS) is 18.7. The SMILES string of the molecule is CC(C)C(CNC(=O)N1CCC(C(F)(F)F)CC1)C(=O)O. The van der Waals surface area contributed by atoms with E-state index in [1.807, 2.05) is 0 Å². The zero-order valence-corrected chi connectivity index (χ0v) is 12.1. The van der Waals surface area contributed by atoms with Gasteiger partial charge in [0.15, 0.2) is 0 Å². The lowest BCUT2D eigenvalue weighted by molar-refractivity contribution is -0.183. The van der Waals surface area contributed by atoms with Crippen LogP contribution >= 0.6 is 0 Å². The average molecular weight is 310 g/mol. The molecule has 0 aliphatic carbocycles. The van der Waals surface area contributed by atoms with Gasteiger partial charge >= 0.3 is 18.2 Å². The highest BCUT2D eigenvalue weighted by Crippen LogP contribution is 2.34. The summed E-state index contributed by atoms with van der Waals surface area (Å²) in [5.41, 5.74) is 0. The minimum Gasteiger partial charge on any atom is -0.481 e. The second kappa shape index (κ2) is 7.00. The molecule has 1 fully saturated rings. The zero-order chi connectivity index (χ0) is 16.2. The number of carbonyl (C=O) groups is 2. The first-order chi connectivity index (χ1) is 9.62. The highest BCUT2D eigenvalue weighted by molar-refractivity contribution is 5.76. The lowest BCUT2D eigenvalue weighted by Gasteiger charge is -2.33. The molecule has 0 aromatic rings. The molecule has 2 N–H and O–H groups in total. The molecule has 1 rings (SSSR count). The molecule has 8 heteroatoms. The van der Waals surface area contributed by atoms with Crippen molar-refractivity contribution in [2.24, 2.45) is 17.8 Å². The molecule has 1 unspecified atom stereocenters. The molecule has 0 aromatic heterocycles. The van der Waals surface area contributed by atoms with Crippen molar-refractivity contribution in [3.63, 3.8) is 0 Å². The molecule has 0 aromatic carbocycles. The maximum absolute atomic E-state index is 12.5. The van der Waals surface area contributed by atoms with Gasteiger partial charge in [-0.05, 0) is 18.8 Å². The molecular formula is C13H21F3N2O3. The number of alkyl halides is 3. The first-order valence-electron chi connectivity index (χ1n) is 6.95. The van der Waals surface area contributed by atoms with Gasteiger partial charge in [-0.15, -0.1) is 0 Å². The second-order valence-electron chi connectivity index (χ2n) is 5.68. The van der Waals surface area contributed by atoms with Gasteiger partial charge in [0.2, 0.25) is 0 Å². The number of rotatable bonds is 4. The molecule has 1 saturated heterocycles. The van der Waals surface area contributed by atoms with Crippen molar-refractivity contribution in [2.75, 3.05) is 19.6 Å². The van der Waals surface area contributed by atoms with E-state index in [1.165, 1.54) is 4.90 Å². The minimum atomic E-state index is -4.21. The standard InChI is InChI=1S/C13H21F3N2O3/c1-8(2)10(11(19)20)7-17-12(21)18-5-3-9(4-6-18)13(14,15)16/h8-10H,3-7H2,1-2H3,(H,17,21)(H,19,20). The highest BCUT2D eigenvalue weighted by atomic mass is 19.4. The number of hydrogen-bond donors (Lipinski definition) is 2. The summed E-state index contributed by atoms with van der Waals surface area (Å²) in [5.74, 6) is -3.20. The number of likely N-dealkylation sites (tertiary alicyclic amines) is 1. The predicted octanol–water partition coefficient (Wildman–Crippen LogP) is 2.33. The van der Waals surface area contributed by atoms with Crippen LogP contribution in [-0.4, -0.2) is 47.8 Å². The summed E-state index contributed by atoms with van der Waals surface area (Å²) in [5, 5.41) is 11.5. The second-order valence-corrected chi connectivity index (χ2v) is 5.68. The fourth-order valence-corrected chi connectivity index (χ4v) is 2.33. The largest absolute Gasteiger partial charge is 0.481 e. The number of urea groups is 1. The van der Waals surface area contributed by atoms with E-state index in [9.17, 15) is 22.8 Å². The van der Waals surface area contributed by atoms with Crippen LogP contribution in [0.4, 0.5) is 18.0 Å². The summed E-state index contributed by atoms with van der Waals surface area (Å²) < 4.78 is 37.6. The zero-order valence-electron chi connectivity index (χ0n) is 12.1. The van der Waals surface area contributed by atoms with Gasteiger partial charge < -0.3 is 15.3 Å². The molecular weight excluding hydrogens is 289 g/mol. The Kier molecular flexibility index (Phi) is 5.86. The van der Waals surface area contributed by atoms with Crippen LogP contribution in [-0.2, 0) is 4.79 Å². The van der Waals surface area contributed by atoms with Crippen molar-refractivity contribution in [1.82, 2.24) is 10.2 Å². The summed E-state index contributed by atoms with van der Waals surface area (Å²) in [6.07, 6.45) is -4.43. The van der Waals surface area contributed by atoms with Crippen molar-refractivity contribution >= 4 is 12.0 Å². The Labute approximate surface area is 121 Å². The number of nitrogens with one attached hydrogen (secondary N) is 1. The smallest absolute Gasteiger partial charge is 0.391 e. The van der Waals surface area contributed by atoms with Crippen LogP contribution in [0.5, 0.6) is 0 Å². The number of carbonyl (C=O) groups excluding carboxylic acids is 1. The van der Waals surface area contributed by atoms with Crippen LogP contribution in [0.25, 0.3) is 0 Å². The lowest BCUT2D eigenvalue weighted by atomic mass is 9.95. The van der Waals surface area contributed by atoms with Crippen molar-refractivity contribution in [3.05, 3.63) is 0 Å². The van der Waals surface area contributed by atoms with Gasteiger partial charge in [0, 0.05) is 19.6 Å². The molecule has 1 heterocycles. The topological polar surface area (TPSA) is 69.6 Å². The van der Waals surface area contributed by atoms with E-state index >= 15 is 0 Å². The maximum Gasteiger partial charge on any atom is 0.391 e. The molecule has 0 radical (unpaired) electrons. The van der Waals surface area contributed by atoms with E-state index in [0.717, 1.165) is 0 Å². The molecule has 0 bridgehead atoms. The van der Waals surface area contributed by atoms with Gasteiger partial charge in [-0.25, -0.2) is 4.79 Å². The van der Waals surface area contributed by atoms with E-state index < -0.39 is 30.0 Å². The van der Waals surface area contributed by atoms with Gasteiger partial charge in [-0.1, -0.05) is 13.8 Å². The van der Waals surface area contributed by atoms with Crippen LogP contribution < -0.4 is 5.32 Å². The number of carboxylic acids is 1. The predicted molar refractivity (Wildman–Crippen MR) is 69.7 cm³/mol. The van der Waals surface area contributed by atoms with E-state index in [0.29, 0.717) is 0 Å². The Morgan fingerprint density at radius 1 is 1.29 bits per heavy atom. The third kappa shape index (κ3) is 5.09. The summed E-state index contributed by atoms with van der Waals surface area (Å²) >= 11 is 0. The molecule has 1 aliphatic heterocycles. The van der Waals surface area contributed by atoms with Crippen LogP contribution in [0.1, 0.15) is 26.7 Å². The van der Waals surface area contributed by atoms with Crippen molar-refractivity contribution in [3.8, 4) is 0 Å². The first-order valence-corrected chi connectivity index (χ1v) is 6.95. The van der Waals surface area contributed by atoms with Crippen molar-refractivity contribution < 1.29 is 27.9 Å². The number of nitrogens with zero attached hydrogens (tertiary/aromatic N) is 1. The monoisotopic (exact) mass is 310 g/mol. The van der Waals surface area contributed by atoms with Crippen molar-refractivity contribution in [1.29, 1.82) is 0 Å². The van der Waals surface area contributed by atoms with Gasteiger partial charge in [0.1, 0.15) is 0 Å². The molecule has 5 nitrogen and oxygen atoms in total. The number of carboxylic acid groups (broad SMARTS) is 1. The van der Waals surface area contributed by atoms with Gasteiger partial charge in [0.05, 0.1) is 11.8 Å². The molecule has 21 heavy (non-hydrogen) atoms. The van der Waals surface area contributed by atoms with E-state index in [-0.39, 0.29) is 38.4 Å². The summed E-state index contributed by atoms with van der Waals surface area (Å²) in [7, 11) is 0. The molecule has 122 valence electrons. The number of amides is 2. The van der Waals surface area contributed by atoms with Crippen molar-refractivity contribution in [2.45, 2.75) is 32.9 Å². The fraction of sp³-hybridized carbons (Fsp3) is 0.846. The summed E-state index contributed by atoms with van der Waals surface area (Å²) in [6, 6.07) is -0.498. The number of piperidine rings is 1. The van der Waals surface area contributed by atoms with Crippen LogP contribution in [0.15, 0.2) is 0 Å². The lowest BCUT2D eigenvalue weighted by Crippen LogP contribution is -2.48. The molecule has 1 aliphatic rings. The van der Waals surface area contributed by atoms with Crippen LogP contribution in [0.2, 0.25) is 0 Å². The Hall–Kier alpha value is -1.47. The number of aliphatic carboxylic acids is 1. The first kappa shape index (κ1) is 17.6. The fourth-order valence-electron chi connectivity index (χ4n) is 2.33. The Balaban J connectivity index is 2.43. The van der Waals surface area contributed by atoms with Gasteiger partial charge in [-0.3, -0.25) is 4.79 Å². The Morgan fingerprint density at radius 2 is 1.81 bits per heavy atom. The van der Waals surface area contributed by atoms with E-state index in [2.05, 4.69) is 5.32 Å². The maximum atomic E-state index is 12.5. The quantitative estimate of drug-likeness (QED) is 0.837. The molecule has 1 atom stereocenters. The van der Waals surface area contributed by atoms with Crippen LogP contribution in [0, 0.1) is 17.8 Å². The summed E-state index contributed by atoms with van der Waals surface area (Å²) in [6.45, 7) is 3.52. The molecule has 0 spiro atoms. The number of halogens is 3. The van der Waals surface area contributed by atoms with E-state index in [4.69, 9.17) is 5.11 Å². The minimum absolute atomic E-state index is 0.0228. The number of hydrogen-bond acceptors (Lipinski definition) is 2. The molecule has 2 amide bonds. The Bertz CT molecular complexity index is 377. The molecule has 0 saturated carbocycles.